The Morgan fingerprint density at radius 2 is 1.81 bits per heavy atom. The van der Waals surface area contributed by atoms with Crippen LogP contribution in [0.4, 0.5) is 0 Å². The predicted molar refractivity (Wildman–Crippen MR) is 106 cm³/mol. The number of esters is 1. The molecule has 26 heavy (non-hydrogen) atoms. The van der Waals surface area contributed by atoms with Crippen molar-refractivity contribution >= 4 is 26.1 Å². The van der Waals surface area contributed by atoms with Gasteiger partial charge < -0.3 is 13.9 Å². The van der Waals surface area contributed by atoms with Gasteiger partial charge in [-0.15, -0.1) is 0 Å². The minimum absolute atomic E-state index is 0.0795. The fourth-order valence-corrected chi connectivity index (χ4v) is 2.93. The molecule has 0 amide bonds. The van der Waals surface area contributed by atoms with E-state index in [4.69, 9.17) is 13.9 Å². The average molecular weight is 379 g/mol. The van der Waals surface area contributed by atoms with Crippen LogP contribution in [0.25, 0.3) is 6.08 Å². The van der Waals surface area contributed by atoms with Gasteiger partial charge in [0, 0.05) is 0 Å². The summed E-state index contributed by atoms with van der Waals surface area (Å²) in [5, 5.41) is 0.0795. The molecule has 0 aliphatic heterocycles. The van der Waals surface area contributed by atoms with Crippen molar-refractivity contribution in [2.45, 2.75) is 52.2 Å². The number of hydrogen-bond donors (Lipinski definition) is 0. The van der Waals surface area contributed by atoms with Gasteiger partial charge in [0.05, 0.1) is 13.7 Å². The van der Waals surface area contributed by atoms with Crippen molar-refractivity contribution < 1.29 is 23.5 Å². The van der Waals surface area contributed by atoms with E-state index >= 15 is 0 Å². The predicted octanol–water partition coefficient (Wildman–Crippen LogP) is 4.61. The lowest BCUT2D eigenvalue weighted by molar-refractivity contribution is -0.144. The van der Waals surface area contributed by atoms with E-state index in [1.54, 1.807) is 20.1 Å². The first-order chi connectivity index (χ1) is 12.0. The van der Waals surface area contributed by atoms with Crippen molar-refractivity contribution in [3.05, 3.63) is 29.8 Å². The number of methoxy groups -OCH3 is 1. The molecule has 0 spiro atoms. The molecule has 144 valence electrons. The molecular formula is C20H30O5Si. The molecule has 0 bridgehead atoms. The van der Waals surface area contributed by atoms with E-state index in [0.29, 0.717) is 11.5 Å². The number of ether oxygens (including phenoxy) is 2. The number of ketones is 1. The zero-order valence-corrected chi connectivity index (χ0v) is 17.8. The summed E-state index contributed by atoms with van der Waals surface area (Å²) in [6.45, 7) is 12.9. The third-order valence-corrected chi connectivity index (χ3v) is 8.79. The average Bonchev–Trinajstić information content (AvgIpc) is 2.52. The van der Waals surface area contributed by atoms with Gasteiger partial charge in [-0.1, -0.05) is 32.9 Å². The van der Waals surface area contributed by atoms with Crippen molar-refractivity contribution in [1.29, 1.82) is 0 Å². The van der Waals surface area contributed by atoms with Crippen LogP contribution in [0.1, 0.15) is 39.7 Å². The van der Waals surface area contributed by atoms with Crippen LogP contribution < -0.4 is 9.16 Å². The molecule has 5 nitrogen and oxygen atoms in total. The van der Waals surface area contributed by atoms with E-state index in [9.17, 15) is 9.59 Å². The Morgan fingerprint density at radius 1 is 1.15 bits per heavy atom. The summed E-state index contributed by atoms with van der Waals surface area (Å²) in [5.74, 6) is 0.505. The molecule has 0 heterocycles. The lowest BCUT2D eigenvalue weighted by Crippen LogP contribution is -2.43. The van der Waals surface area contributed by atoms with Crippen LogP contribution in [0.5, 0.6) is 11.5 Å². The van der Waals surface area contributed by atoms with Gasteiger partial charge in [0.1, 0.15) is 12.2 Å². The monoisotopic (exact) mass is 378 g/mol. The van der Waals surface area contributed by atoms with Gasteiger partial charge in [-0.2, -0.15) is 0 Å². The topological polar surface area (TPSA) is 61.8 Å². The van der Waals surface area contributed by atoms with Gasteiger partial charge in [0.2, 0.25) is 0 Å². The number of allylic oxidation sites excluding steroid dienone is 1. The number of rotatable bonds is 8. The van der Waals surface area contributed by atoms with Crippen LogP contribution in [0.15, 0.2) is 24.3 Å². The van der Waals surface area contributed by atoms with Gasteiger partial charge in [-0.3, -0.25) is 9.59 Å². The van der Waals surface area contributed by atoms with E-state index in [1.807, 2.05) is 18.2 Å². The molecule has 1 aromatic rings. The number of benzene rings is 1. The minimum atomic E-state index is -1.98. The molecule has 0 aliphatic carbocycles. The molecule has 1 aromatic carbocycles. The van der Waals surface area contributed by atoms with Crippen LogP contribution in [0.3, 0.4) is 0 Å². The Kier molecular flexibility index (Phi) is 7.63. The number of carbonyl (C=O) groups is 2. The van der Waals surface area contributed by atoms with Gasteiger partial charge in [0.25, 0.3) is 8.32 Å². The Balaban J connectivity index is 2.90. The summed E-state index contributed by atoms with van der Waals surface area (Å²) in [4.78, 5) is 23.1. The second-order valence-corrected chi connectivity index (χ2v) is 12.3. The second-order valence-electron chi connectivity index (χ2n) is 7.55. The first-order valence-electron chi connectivity index (χ1n) is 8.73. The maximum Gasteiger partial charge on any atom is 0.313 e. The third-order valence-electron chi connectivity index (χ3n) is 4.44. The summed E-state index contributed by atoms with van der Waals surface area (Å²) in [5.41, 5.74) is 0.793. The van der Waals surface area contributed by atoms with Crippen LogP contribution >= 0.6 is 0 Å². The summed E-state index contributed by atoms with van der Waals surface area (Å²) in [6.07, 6.45) is 2.77. The molecule has 0 radical (unpaired) electrons. The van der Waals surface area contributed by atoms with E-state index in [0.717, 1.165) is 5.56 Å². The molecule has 0 aliphatic rings. The molecule has 6 heteroatoms. The quantitative estimate of drug-likeness (QED) is 0.286. The first-order valence-corrected chi connectivity index (χ1v) is 11.6. The van der Waals surface area contributed by atoms with Crippen LogP contribution in [0.2, 0.25) is 18.1 Å². The van der Waals surface area contributed by atoms with E-state index in [1.165, 1.54) is 6.08 Å². The lowest BCUT2D eigenvalue weighted by atomic mass is 10.1. The SMILES string of the molecule is CCOC(=O)CC(=O)C=Cc1ccc(O[Si](C)(C)C(C)(C)C)c(OC)c1. The van der Waals surface area contributed by atoms with Crippen LogP contribution in [-0.4, -0.2) is 33.8 Å². The summed E-state index contributed by atoms with van der Waals surface area (Å²) < 4.78 is 16.5. The number of carbonyl (C=O) groups excluding carboxylic acids is 2. The van der Waals surface area contributed by atoms with E-state index in [2.05, 4.69) is 33.9 Å². The maximum absolute atomic E-state index is 11.8. The maximum atomic E-state index is 11.8. The summed E-state index contributed by atoms with van der Waals surface area (Å²) in [6, 6.07) is 5.53. The Bertz CT molecular complexity index is 671. The zero-order chi connectivity index (χ0) is 20.0. The van der Waals surface area contributed by atoms with Gasteiger partial charge >= 0.3 is 5.97 Å². The molecule has 0 fully saturated rings. The van der Waals surface area contributed by atoms with Gasteiger partial charge in [-0.05, 0) is 48.8 Å². The first kappa shape index (κ1) is 22.0. The van der Waals surface area contributed by atoms with Crippen molar-refractivity contribution in [2.24, 2.45) is 0 Å². The van der Waals surface area contributed by atoms with Crippen molar-refractivity contribution in [2.75, 3.05) is 13.7 Å². The number of hydrogen-bond acceptors (Lipinski definition) is 5. The Morgan fingerprint density at radius 3 is 2.35 bits per heavy atom. The zero-order valence-electron chi connectivity index (χ0n) is 16.8. The van der Waals surface area contributed by atoms with Crippen molar-refractivity contribution in [1.82, 2.24) is 0 Å². The van der Waals surface area contributed by atoms with Crippen LogP contribution in [0, 0.1) is 0 Å². The highest BCUT2D eigenvalue weighted by atomic mass is 28.4. The van der Waals surface area contributed by atoms with Gasteiger partial charge in [-0.25, -0.2) is 0 Å². The molecule has 1 rings (SSSR count). The fourth-order valence-electron chi connectivity index (χ4n) is 1.90. The van der Waals surface area contributed by atoms with E-state index < -0.39 is 14.3 Å². The fraction of sp³-hybridized carbons (Fsp3) is 0.500. The summed E-state index contributed by atoms with van der Waals surface area (Å²) in [7, 11) is -0.386. The summed E-state index contributed by atoms with van der Waals surface area (Å²) >= 11 is 0. The molecule has 0 saturated heterocycles. The van der Waals surface area contributed by atoms with E-state index in [-0.39, 0.29) is 23.8 Å². The highest BCUT2D eigenvalue weighted by Crippen LogP contribution is 2.40. The molecule has 0 N–H and O–H groups in total. The smallest absolute Gasteiger partial charge is 0.313 e. The molecular weight excluding hydrogens is 348 g/mol. The van der Waals surface area contributed by atoms with Crippen molar-refractivity contribution in [3.8, 4) is 11.5 Å². The highest BCUT2D eigenvalue weighted by molar-refractivity contribution is 6.74. The molecule has 0 aromatic heterocycles. The molecule has 0 atom stereocenters. The van der Waals surface area contributed by atoms with Crippen LogP contribution in [-0.2, 0) is 14.3 Å². The Hall–Kier alpha value is -2.08. The normalized spacial score (nSPS) is 12.1. The standard InChI is InChI=1S/C20H30O5Si/c1-8-24-19(22)14-16(21)11-9-15-10-12-17(18(13-15)23-5)25-26(6,7)20(2,3)4/h9-13H,8,14H2,1-7H3. The van der Waals surface area contributed by atoms with Crippen molar-refractivity contribution in [3.63, 3.8) is 0 Å². The highest BCUT2D eigenvalue weighted by Gasteiger charge is 2.39. The third kappa shape index (κ3) is 6.33. The van der Waals surface area contributed by atoms with Gasteiger partial charge in [0.15, 0.2) is 11.5 Å². The molecule has 0 saturated carbocycles. The molecule has 0 unspecified atom stereocenters. The Labute approximate surface area is 157 Å². The lowest BCUT2D eigenvalue weighted by Gasteiger charge is -2.36. The minimum Gasteiger partial charge on any atom is -0.541 e. The second kappa shape index (κ2) is 9.03. The largest absolute Gasteiger partial charge is 0.541 e.